The summed E-state index contributed by atoms with van der Waals surface area (Å²) in [4.78, 5) is 0. The van der Waals surface area contributed by atoms with Gasteiger partial charge >= 0.3 is 0 Å². The fourth-order valence-corrected chi connectivity index (χ4v) is 2.12. The van der Waals surface area contributed by atoms with Crippen LogP contribution in [0.25, 0.3) is 0 Å². The Hall–Kier alpha value is -0.340. The van der Waals surface area contributed by atoms with E-state index < -0.39 is 0 Å². The zero-order valence-corrected chi connectivity index (χ0v) is 9.55. The highest BCUT2D eigenvalue weighted by Crippen LogP contribution is 2.32. The summed E-state index contributed by atoms with van der Waals surface area (Å²) in [7, 11) is 0. The summed E-state index contributed by atoms with van der Waals surface area (Å²) in [6.07, 6.45) is 3.82. The highest BCUT2D eigenvalue weighted by Gasteiger charge is 2.24. The Labute approximate surface area is 87.0 Å². The van der Waals surface area contributed by atoms with Crippen molar-refractivity contribution >= 4 is 0 Å². The van der Waals surface area contributed by atoms with Crippen LogP contribution in [0.15, 0.2) is 11.1 Å². The number of hydrogen-bond acceptors (Lipinski definition) is 2. The molecule has 1 saturated carbocycles. The first-order valence-corrected chi connectivity index (χ1v) is 5.53. The molecule has 2 heteroatoms. The molecule has 0 saturated heterocycles. The molecule has 0 aromatic carbocycles. The average Bonchev–Trinajstić information content (AvgIpc) is 2.14. The molecule has 0 spiro atoms. The molecule has 1 N–H and O–H groups in total. The van der Waals surface area contributed by atoms with Crippen LogP contribution in [-0.4, -0.2) is 24.4 Å². The second-order valence-electron chi connectivity index (χ2n) is 4.49. The predicted octanol–water partition coefficient (Wildman–Crippen LogP) is 2.52. The van der Waals surface area contributed by atoms with E-state index in [2.05, 4.69) is 20.8 Å². The van der Waals surface area contributed by atoms with E-state index >= 15 is 0 Å². The second kappa shape index (κ2) is 5.52. The van der Waals surface area contributed by atoms with Crippen molar-refractivity contribution < 1.29 is 9.84 Å². The lowest BCUT2D eigenvalue weighted by molar-refractivity contribution is 0.0256. The lowest BCUT2D eigenvalue weighted by Crippen LogP contribution is -2.26. The highest BCUT2D eigenvalue weighted by atomic mass is 16.5. The first kappa shape index (κ1) is 11.7. The molecule has 2 nitrogen and oxygen atoms in total. The third-order valence-electron chi connectivity index (χ3n) is 2.96. The molecule has 1 rings (SSSR count). The van der Waals surface area contributed by atoms with Gasteiger partial charge in [0.05, 0.1) is 19.3 Å². The quantitative estimate of drug-likeness (QED) is 0.706. The Morgan fingerprint density at radius 3 is 2.79 bits per heavy atom. The molecule has 0 aliphatic heterocycles. The minimum Gasteiger partial charge on any atom is -0.394 e. The van der Waals surface area contributed by atoms with Crippen molar-refractivity contribution in [2.45, 2.75) is 46.1 Å². The van der Waals surface area contributed by atoms with Gasteiger partial charge in [-0.2, -0.15) is 0 Å². The molecule has 82 valence electrons. The fourth-order valence-electron chi connectivity index (χ4n) is 2.12. The van der Waals surface area contributed by atoms with E-state index in [1.54, 1.807) is 0 Å². The van der Waals surface area contributed by atoms with Crippen molar-refractivity contribution in [3.8, 4) is 0 Å². The van der Waals surface area contributed by atoms with Crippen molar-refractivity contribution in [1.82, 2.24) is 0 Å². The number of aliphatic hydroxyl groups is 1. The molecule has 1 aliphatic carbocycles. The monoisotopic (exact) mass is 198 g/mol. The van der Waals surface area contributed by atoms with Crippen LogP contribution in [0, 0.1) is 5.92 Å². The number of ether oxygens (including phenoxy) is 1. The molecule has 0 bridgehead atoms. The topological polar surface area (TPSA) is 29.5 Å². The van der Waals surface area contributed by atoms with Gasteiger partial charge in [0.2, 0.25) is 0 Å². The summed E-state index contributed by atoms with van der Waals surface area (Å²) in [5, 5.41) is 8.75. The van der Waals surface area contributed by atoms with Crippen LogP contribution in [0.4, 0.5) is 0 Å². The van der Waals surface area contributed by atoms with Gasteiger partial charge in [-0.15, -0.1) is 0 Å². The SMILES string of the molecule is CC(C)=C1CC[C@@H](C)CC1OCCO. The van der Waals surface area contributed by atoms with Crippen LogP contribution in [0.2, 0.25) is 0 Å². The van der Waals surface area contributed by atoms with Crippen LogP contribution < -0.4 is 0 Å². The summed E-state index contributed by atoms with van der Waals surface area (Å²) < 4.78 is 5.67. The van der Waals surface area contributed by atoms with Gasteiger partial charge in [0.15, 0.2) is 0 Å². The molecule has 1 fully saturated rings. The Morgan fingerprint density at radius 2 is 2.21 bits per heavy atom. The Balaban J connectivity index is 2.60. The Morgan fingerprint density at radius 1 is 1.50 bits per heavy atom. The van der Waals surface area contributed by atoms with Crippen LogP contribution in [-0.2, 0) is 4.74 Å². The van der Waals surface area contributed by atoms with Crippen LogP contribution in [0.3, 0.4) is 0 Å². The van der Waals surface area contributed by atoms with Gasteiger partial charge < -0.3 is 9.84 Å². The summed E-state index contributed by atoms with van der Waals surface area (Å²) in [5.74, 6) is 0.752. The molecular formula is C12H22O2. The minimum absolute atomic E-state index is 0.126. The van der Waals surface area contributed by atoms with E-state index in [0.717, 1.165) is 12.3 Å². The van der Waals surface area contributed by atoms with Gasteiger partial charge in [0.25, 0.3) is 0 Å². The summed E-state index contributed by atoms with van der Waals surface area (Å²) in [6.45, 7) is 7.17. The summed E-state index contributed by atoms with van der Waals surface area (Å²) in [6, 6.07) is 0. The van der Waals surface area contributed by atoms with E-state index in [4.69, 9.17) is 9.84 Å². The molecule has 0 amide bonds. The highest BCUT2D eigenvalue weighted by molar-refractivity contribution is 5.17. The predicted molar refractivity (Wildman–Crippen MR) is 58.2 cm³/mol. The molecule has 14 heavy (non-hydrogen) atoms. The normalized spacial score (nSPS) is 27.9. The van der Waals surface area contributed by atoms with E-state index in [1.807, 2.05) is 0 Å². The summed E-state index contributed by atoms with van der Waals surface area (Å²) in [5.41, 5.74) is 2.84. The molecule has 0 aromatic rings. The minimum atomic E-state index is 0.126. The van der Waals surface area contributed by atoms with Crippen molar-refractivity contribution in [3.05, 3.63) is 11.1 Å². The molecule has 0 heterocycles. The van der Waals surface area contributed by atoms with Crippen LogP contribution in [0.5, 0.6) is 0 Å². The average molecular weight is 198 g/mol. The van der Waals surface area contributed by atoms with Crippen LogP contribution >= 0.6 is 0 Å². The standard InChI is InChI=1S/C12H22O2/c1-9(2)11-5-4-10(3)8-12(11)14-7-6-13/h10,12-13H,4-8H2,1-3H3/t10-,12?/m1/s1. The zero-order chi connectivity index (χ0) is 10.6. The van der Waals surface area contributed by atoms with Gasteiger partial charge in [-0.3, -0.25) is 0 Å². The van der Waals surface area contributed by atoms with Crippen molar-refractivity contribution in [3.63, 3.8) is 0 Å². The zero-order valence-electron chi connectivity index (χ0n) is 9.55. The third-order valence-corrected chi connectivity index (χ3v) is 2.96. The van der Waals surface area contributed by atoms with Gasteiger partial charge in [-0.25, -0.2) is 0 Å². The van der Waals surface area contributed by atoms with Crippen LogP contribution in [0.1, 0.15) is 40.0 Å². The maximum Gasteiger partial charge on any atom is 0.0791 e. The maximum atomic E-state index is 8.75. The van der Waals surface area contributed by atoms with E-state index in [9.17, 15) is 0 Å². The molecule has 1 aliphatic rings. The Bertz CT molecular complexity index is 204. The van der Waals surface area contributed by atoms with Crippen molar-refractivity contribution in [1.29, 1.82) is 0 Å². The molecular weight excluding hydrogens is 176 g/mol. The second-order valence-corrected chi connectivity index (χ2v) is 4.49. The molecule has 1 unspecified atom stereocenters. The van der Waals surface area contributed by atoms with Gasteiger partial charge in [-0.1, -0.05) is 12.5 Å². The van der Waals surface area contributed by atoms with E-state index in [0.29, 0.717) is 6.61 Å². The number of rotatable bonds is 3. The third kappa shape index (κ3) is 3.10. The fraction of sp³-hybridized carbons (Fsp3) is 0.833. The molecule has 0 radical (unpaired) electrons. The molecule has 0 aromatic heterocycles. The van der Waals surface area contributed by atoms with Gasteiger partial charge in [-0.05, 0) is 44.6 Å². The van der Waals surface area contributed by atoms with Gasteiger partial charge in [0, 0.05) is 0 Å². The number of aliphatic hydroxyl groups excluding tert-OH is 1. The van der Waals surface area contributed by atoms with E-state index in [-0.39, 0.29) is 12.7 Å². The molecule has 2 atom stereocenters. The van der Waals surface area contributed by atoms with E-state index in [1.165, 1.54) is 24.0 Å². The summed E-state index contributed by atoms with van der Waals surface area (Å²) >= 11 is 0. The number of allylic oxidation sites excluding steroid dienone is 1. The van der Waals surface area contributed by atoms with Crippen molar-refractivity contribution in [2.75, 3.05) is 13.2 Å². The number of hydrogen-bond donors (Lipinski definition) is 1. The van der Waals surface area contributed by atoms with Gasteiger partial charge in [0.1, 0.15) is 0 Å². The first-order chi connectivity index (χ1) is 6.65. The lowest BCUT2D eigenvalue weighted by Gasteiger charge is -2.30. The first-order valence-electron chi connectivity index (χ1n) is 5.53. The lowest BCUT2D eigenvalue weighted by atomic mass is 9.83. The Kier molecular flexibility index (Phi) is 4.63. The largest absolute Gasteiger partial charge is 0.394 e. The smallest absolute Gasteiger partial charge is 0.0791 e. The van der Waals surface area contributed by atoms with Crippen molar-refractivity contribution in [2.24, 2.45) is 5.92 Å². The maximum absolute atomic E-state index is 8.75.